The third kappa shape index (κ3) is 5.43. The first-order chi connectivity index (χ1) is 16.5. The van der Waals surface area contributed by atoms with Crippen molar-refractivity contribution in [2.45, 2.75) is 20.3 Å². The summed E-state index contributed by atoms with van der Waals surface area (Å²) in [6.45, 7) is 4.72. The van der Waals surface area contributed by atoms with Crippen LogP contribution in [0.25, 0.3) is 22.0 Å². The fourth-order valence-corrected chi connectivity index (χ4v) is 3.86. The average molecular weight is 458 g/mol. The largest absolute Gasteiger partial charge is 0.490 e. The van der Waals surface area contributed by atoms with Crippen LogP contribution in [0.4, 0.5) is 5.82 Å². The number of hydrogen-bond acceptors (Lipinski definition) is 6. The standard InChI is InChI=1S/C27H27N3O4/c1-3-33-25-14-20(10-11-24(25)34-16-27(31)32)23-15-26(30-17-29-23)28-13-12-19-9-8-18(2)21-6-4-5-7-22(19)21/h4-11,14-15,17H,3,12-13,16H2,1-2H3,(H,31,32)(H,28,29,30). The van der Waals surface area contributed by atoms with Crippen molar-refractivity contribution in [1.29, 1.82) is 0 Å². The summed E-state index contributed by atoms with van der Waals surface area (Å²) in [5.41, 5.74) is 4.12. The number of carboxylic acids is 1. The number of aryl methyl sites for hydroxylation is 1. The number of nitrogens with one attached hydrogen (secondary N) is 1. The highest BCUT2D eigenvalue weighted by atomic mass is 16.5. The van der Waals surface area contributed by atoms with E-state index in [1.165, 1.54) is 28.2 Å². The van der Waals surface area contributed by atoms with Gasteiger partial charge in [0.1, 0.15) is 12.1 Å². The van der Waals surface area contributed by atoms with Crippen molar-refractivity contribution in [3.63, 3.8) is 0 Å². The lowest BCUT2D eigenvalue weighted by molar-refractivity contribution is -0.139. The number of aromatic nitrogens is 2. The summed E-state index contributed by atoms with van der Waals surface area (Å²) in [5.74, 6) is 0.536. The van der Waals surface area contributed by atoms with Crippen LogP contribution in [0, 0.1) is 6.92 Å². The van der Waals surface area contributed by atoms with E-state index >= 15 is 0 Å². The molecule has 1 heterocycles. The molecule has 0 amide bonds. The highest BCUT2D eigenvalue weighted by Gasteiger charge is 2.11. The Bertz CT molecular complexity index is 1310. The van der Waals surface area contributed by atoms with Crippen molar-refractivity contribution in [3.8, 4) is 22.8 Å². The van der Waals surface area contributed by atoms with Gasteiger partial charge in [0.05, 0.1) is 12.3 Å². The lowest BCUT2D eigenvalue weighted by atomic mass is 9.98. The molecule has 174 valence electrons. The van der Waals surface area contributed by atoms with E-state index in [0.717, 1.165) is 30.0 Å². The molecule has 7 heteroatoms. The number of benzene rings is 3. The molecule has 0 unspecified atom stereocenters. The average Bonchev–Trinajstić information content (AvgIpc) is 2.85. The third-order valence-electron chi connectivity index (χ3n) is 5.49. The van der Waals surface area contributed by atoms with E-state index in [-0.39, 0.29) is 0 Å². The van der Waals surface area contributed by atoms with E-state index in [0.29, 0.717) is 18.1 Å². The first-order valence-corrected chi connectivity index (χ1v) is 11.2. The molecule has 0 atom stereocenters. The molecular weight excluding hydrogens is 430 g/mol. The van der Waals surface area contributed by atoms with Crippen molar-refractivity contribution in [2.24, 2.45) is 0 Å². The molecule has 4 rings (SSSR count). The van der Waals surface area contributed by atoms with Crippen LogP contribution in [0.5, 0.6) is 11.5 Å². The maximum Gasteiger partial charge on any atom is 0.341 e. The summed E-state index contributed by atoms with van der Waals surface area (Å²) in [6.07, 6.45) is 2.39. The molecule has 0 aliphatic carbocycles. The van der Waals surface area contributed by atoms with Gasteiger partial charge in [-0.15, -0.1) is 0 Å². The molecule has 3 aromatic carbocycles. The van der Waals surface area contributed by atoms with Crippen LogP contribution in [0.15, 0.2) is 67.0 Å². The topological polar surface area (TPSA) is 93.6 Å². The van der Waals surface area contributed by atoms with Crippen molar-refractivity contribution >= 4 is 22.6 Å². The molecule has 0 aliphatic heterocycles. The molecule has 1 aromatic heterocycles. The zero-order valence-electron chi connectivity index (χ0n) is 19.2. The third-order valence-corrected chi connectivity index (χ3v) is 5.49. The minimum absolute atomic E-state index is 0.380. The smallest absolute Gasteiger partial charge is 0.341 e. The summed E-state index contributed by atoms with van der Waals surface area (Å²) in [4.78, 5) is 19.6. The zero-order chi connectivity index (χ0) is 23.9. The number of anilines is 1. The predicted molar refractivity (Wildman–Crippen MR) is 133 cm³/mol. The number of rotatable bonds is 10. The van der Waals surface area contributed by atoms with Gasteiger partial charge in [-0.25, -0.2) is 14.8 Å². The van der Waals surface area contributed by atoms with Crippen molar-refractivity contribution in [1.82, 2.24) is 9.97 Å². The van der Waals surface area contributed by atoms with Crippen molar-refractivity contribution in [2.75, 3.05) is 25.1 Å². The van der Waals surface area contributed by atoms with Gasteiger partial charge in [-0.1, -0.05) is 36.4 Å². The van der Waals surface area contributed by atoms with Crippen LogP contribution in [0.1, 0.15) is 18.1 Å². The number of hydrogen-bond donors (Lipinski definition) is 2. The molecule has 0 bridgehead atoms. The molecule has 0 saturated heterocycles. The number of carboxylic acid groups (broad SMARTS) is 1. The molecule has 0 spiro atoms. The predicted octanol–water partition coefficient (Wildman–Crippen LogP) is 5.12. The SMILES string of the molecule is CCOc1cc(-c2cc(NCCc3ccc(C)c4ccccc34)ncn2)ccc1OCC(=O)O. The molecule has 0 saturated carbocycles. The Balaban J connectivity index is 1.48. The van der Waals surface area contributed by atoms with Crippen LogP contribution < -0.4 is 14.8 Å². The second-order valence-electron chi connectivity index (χ2n) is 7.83. The summed E-state index contributed by atoms with van der Waals surface area (Å²) in [6, 6.07) is 20.0. The first kappa shape index (κ1) is 23.0. The Morgan fingerprint density at radius 3 is 2.59 bits per heavy atom. The highest BCUT2D eigenvalue weighted by Crippen LogP contribution is 2.32. The van der Waals surface area contributed by atoms with Gasteiger partial charge < -0.3 is 19.9 Å². The number of fused-ring (bicyclic) bond motifs is 1. The highest BCUT2D eigenvalue weighted by molar-refractivity contribution is 5.88. The van der Waals surface area contributed by atoms with Gasteiger partial charge in [0.2, 0.25) is 0 Å². The minimum atomic E-state index is -1.04. The van der Waals surface area contributed by atoms with E-state index in [4.69, 9.17) is 14.6 Å². The van der Waals surface area contributed by atoms with E-state index in [1.54, 1.807) is 12.1 Å². The fraction of sp³-hybridized carbons (Fsp3) is 0.222. The summed E-state index contributed by atoms with van der Waals surface area (Å²) in [7, 11) is 0. The monoisotopic (exact) mass is 457 g/mol. The normalized spacial score (nSPS) is 10.8. The Hall–Kier alpha value is -4.13. The number of aliphatic carboxylic acids is 1. The maximum absolute atomic E-state index is 10.8. The molecule has 4 aromatic rings. The molecule has 7 nitrogen and oxygen atoms in total. The van der Waals surface area contributed by atoms with Gasteiger partial charge in [0, 0.05) is 18.2 Å². The minimum Gasteiger partial charge on any atom is -0.490 e. The van der Waals surface area contributed by atoms with Crippen LogP contribution in [0.3, 0.4) is 0 Å². The zero-order valence-corrected chi connectivity index (χ0v) is 19.2. The Kier molecular flexibility index (Phi) is 7.22. The second kappa shape index (κ2) is 10.7. The van der Waals surface area contributed by atoms with Crippen LogP contribution in [0.2, 0.25) is 0 Å². The van der Waals surface area contributed by atoms with E-state index in [2.05, 4.69) is 58.6 Å². The molecule has 0 fully saturated rings. The van der Waals surface area contributed by atoms with Gasteiger partial charge in [-0.3, -0.25) is 0 Å². The van der Waals surface area contributed by atoms with Crippen LogP contribution >= 0.6 is 0 Å². The van der Waals surface area contributed by atoms with E-state index in [1.807, 2.05) is 19.1 Å². The van der Waals surface area contributed by atoms with Gasteiger partial charge in [0.25, 0.3) is 0 Å². The lowest BCUT2D eigenvalue weighted by Gasteiger charge is -2.13. The summed E-state index contributed by atoms with van der Waals surface area (Å²) in [5, 5.41) is 14.8. The molecular formula is C27H27N3O4. The van der Waals surface area contributed by atoms with Gasteiger partial charge in [-0.2, -0.15) is 0 Å². The molecule has 34 heavy (non-hydrogen) atoms. The van der Waals surface area contributed by atoms with E-state index < -0.39 is 12.6 Å². The Morgan fingerprint density at radius 2 is 1.79 bits per heavy atom. The number of nitrogens with zero attached hydrogens (tertiary/aromatic N) is 2. The molecule has 0 radical (unpaired) electrons. The number of carbonyl (C=O) groups is 1. The van der Waals surface area contributed by atoms with Gasteiger partial charge in [0.15, 0.2) is 18.1 Å². The quantitative estimate of drug-likeness (QED) is 0.341. The van der Waals surface area contributed by atoms with Gasteiger partial charge >= 0.3 is 5.97 Å². The van der Waals surface area contributed by atoms with Crippen LogP contribution in [-0.4, -0.2) is 40.8 Å². The molecule has 2 N–H and O–H groups in total. The fourth-order valence-electron chi connectivity index (χ4n) is 3.86. The summed E-state index contributed by atoms with van der Waals surface area (Å²) < 4.78 is 11.0. The lowest BCUT2D eigenvalue weighted by Crippen LogP contribution is -2.10. The maximum atomic E-state index is 10.8. The number of ether oxygens (including phenoxy) is 2. The molecule has 0 aliphatic rings. The van der Waals surface area contributed by atoms with Gasteiger partial charge in [-0.05, 0) is 60.4 Å². The van der Waals surface area contributed by atoms with E-state index in [9.17, 15) is 4.79 Å². The second-order valence-corrected chi connectivity index (χ2v) is 7.83. The summed E-state index contributed by atoms with van der Waals surface area (Å²) >= 11 is 0. The first-order valence-electron chi connectivity index (χ1n) is 11.2. The Morgan fingerprint density at radius 1 is 0.971 bits per heavy atom. The Labute approximate surface area is 198 Å². The van der Waals surface area contributed by atoms with Crippen molar-refractivity contribution in [3.05, 3.63) is 78.1 Å². The van der Waals surface area contributed by atoms with Crippen molar-refractivity contribution < 1.29 is 19.4 Å². The van der Waals surface area contributed by atoms with Crippen LogP contribution in [-0.2, 0) is 11.2 Å².